The molecule has 0 aliphatic carbocycles. The SMILES string of the molecule is CCN(Cc1ccccc1)c1ncc(C(=O)Nc2cccc(OC)c2)cn1. The molecule has 0 saturated carbocycles. The summed E-state index contributed by atoms with van der Waals surface area (Å²) in [5.41, 5.74) is 2.24. The Kier molecular flexibility index (Phi) is 5.99. The second-order valence-corrected chi connectivity index (χ2v) is 5.96. The summed E-state index contributed by atoms with van der Waals surface area (Å²) in [6, 6.07) is 17.3. The van der Waals surface area contributed by atoms with E-state index in [1.165, 1.54) is 5.56 Å². The van der Waals surface area contributed by atoms with Crippen LogP contribution < -0.4 is 15.0 Å². The molecule has 0 aliphatic heterocycles. The zero-order chi connectivity index (χ0) is 19.1. The first kappa shape index (κ1) is 18.4. The van der Waals surface area contributed by atoms with E-state index in [-0.39, 0.29) is 5.91 Å². The van der Waals surface area contributed by atoms with Crippen LogP contribution in [-0.2, 0) is 6.54 Å². The van der Waals surface area contributed by atoms with Crippen LogP contribution >= 0.6 is 0 Å². The number of ether oxygens (including phenoxy) is 1. The summed E-state index contributed by atoms with van der Waals surface area (Å²) in [6.07, 6.45) is 3.09. The van der Waals surface area contributed by atoms with Crippen molar-refractivity contribution in [2.45, 2.75) is 13.5 Å². The lowest BCUT2D eigenvalue weighted by atomic mass is 10.2. The van der Waals surface area contributed by atoms with Crippen molar-refractivity contribution >= 4 is 17.5 Å². The normalized spacial score (nSPS) is 10.3. The molecular formula is C21H22N4O2. The van der Waals surface area contributed by atoms with Crippen molar-refractivity contribution in [3.05, 3.63) is 78.1 Å². The van der Waals surface area contributed by atoms with Crippen molar-refractivity contribution in [3.8, 4) is 5.75 Å². The van der Waals surface area contributed by atoms with Gasteiger partial charge in [-0.05, 0) is 24.6 Å². The number of anilines is 2. The zero-order valence-corrected chi connectivity index (χ0v) is 15.4. The van der Waals surface area contributed by atoms with Crippen molar-refractivity contribution in [3.63, 3.8) is 0 Å². The highest BCUT2D eigenvalue weighted by molar-refractivity contribution is 6.04. The third kappa shape index (κ3) is 4.82. The standard InChI is InChI=1S/C21H22N4O2/c1-3-25(15-16-8-5-4-6-9-16)21-22-13-17(14-23-21)20(26)24-18-10-7-11-19(12-18)27-2/h4-14H,3,15H2,1-2H3,(H,24,26). The van der Waals surface area contributed by atoms with Crippen LogP contribution in [-0.4, -0.2) is 29.5 Å². The Hall–Kier alpha value is -3.41. The molecular weight excluding hydrogens is 340 g/mol. The van der Waals surface area contributed by atoms with Crippen LogP contribution in [0.15, 0.2) is 67.0 Å². The number of nitrogens with one attached hydrogen (secondary N) is 1. The number of carbonyl (C=O) groups is 1. The molecule has 0 aliphatic rings. The minimum absolute atomic E-state index is 0.263. The maximum Gasteiger partial charge on any atom is 0.258 e. The Bertz CT molecular complexity index is 882. The summed E-state index contributed by atoms with van der Waals surface area (Å²) in [5, 5.41) is 2.82. The van der Waals surface area contributed by atoms with Crippen LogP contribution in [0.2, 0.25) is 0 Å². The van der Waals surface area contributed by atoms with Gasteiger partial charge in [-0.15, -0.1) is 0 Å². The van der Waals surface area contributed by atoms with Crippen LogP contribution in [0.4, 0.5) is 11.6 Å². The first-order chi connectivity index (χ1) is 13.2. The van der Waals surface area contributed by atoms with Crippen LogP contribution in [0.25, 0.3) is 0 Å². The molecule has 0 spiro atoms. The molecule has 138 valence electrons. The average Bonchev–Trinajstić information content (AvgIpc) is 2.73. The minimum Gasteiger partial charge on any atom is -0.497 e. The molecule has 1 heterocycles. The molecule has 3 rings (SSSR count). The summed E-state index contributed by atoms with van der Waals surface area (Å²) in [6.45, 7) is 3.53. The molecule has 6 heteroatoms. The van der Waals surface area contributed by atoms with Crippen LogP contribution in [0.5, 0.6) is 5.75 Å². The van der Waals surface area contributed by atoms with E-state index in [0.717, 1.165) is 6.54 Å². The Morgan fingerprint density at radius 1 is 1.07 bits per heavy atom. The van der Waals surface area contributed by atoms with Crippen LogP contribution in [0, 0.1) is 0 Å². The van der Waals surface area contributed by atoms with Gasteiger partial charge < -0.3 is 15.0 Å². The fraction of sp³-hybridized carbons (Fsp3) is 0.190. The van der Waals surface area contributed by atoms with Gasteiger partial charge in [0.05, 0.1) is 12.7 Å². The summed E-state index contributed by atoms with van der Waals surface area (Å²) < 4.78 is 5.16. The number of methoxy groups -OCH3 is 1. The molecule has 27 heavy (non-hydrogen) atoms. The van der Waals surface area contributed by atoms with Crippen molar-refractivity contribution in [2.24, 2.45) is 0 Å². The van der Waals surface area contributed by atoms with E-state index in [0.29, 0.717) is 29.5 Å². The minimum atomic E-state index is -0.263. The summed E-state index contributed by atoms with van der Waals surface area (Å²) in [4.78, 5) is 23.2. The number of rotatable bonds is 7. The average molecular weight is 362 g/mol. The fourth-order valence-corrected chi connectivity index (χ4v) is 2.63. The molecule has 3 aromatic rings. The molecule has 1 N–H and O–H groups in total. The van der Waals surface area contributed by atoms with Gasteiger partial charge >= 0.3 is 0 Å². The maximum absolute atomic E-state index is 12.4. The van der Waals surface area contributed by atoms with E-state index in [2.05, 4.69) is 39.2 Å². The molecule has 0 radical (unpaired) electrons. The number of hydrogen-bond donors (Lipinski definition) is 1. The lowest BCUT2D eigenvalue weighted by Crippen LogP contribution is -2.24. The summed E-state index contributed by atoms with van der Waals surface area (Å²) in [7, 11) is 1.59. The van der Waals surface area contributed by atoms with Gasteiger partial charge in [-0.2, -0.15) is 0 Å². The van der Waals surface area contributed by atoms with Gasteiger partial charge in [0.2, 0.25) is 5.95 Å². The van der Waals surface area contributed by atoms with Gasteiger partial charge in [0.25, 0.3) is 5.91 Å². The number of carbonyl (C=O) groups excluding carboxylic acids is 1. The Balaban J connectivity index is 1.69. The first-order valence-electron chi connectivity index (χ1n) is 8.76. The van der Waals surface area contributed by atoms with Gasteiger partial charge in [0, 0.05) is 37.2 Å². The fourth-order valence-electron chi connectivity index (χ4n) is 2.63. The Morgan fingerprint density at radius 3 is 2.48 bits per heavy atom. The highest BCUT2D eigenvalue weighted by atomic mass is 16.5. The molecule has 1 aromatic heterocycles. The number of hydrogen-bond acceptors (Lipinski definition) is 5. The second kappa shape index (κ2) is 8.80. The number of aromatic nitrogens is 2. The van der Waals surface area contributed by atoms with E-state index >= 15 is 0 Å². The molecule has 0 saturated heterocycles. The van der Waals surface area contributed by atoms with E-state index in [4.69, 9.17) is 4.74 Å². The number of benzene rings is 2. The maximum atomic E-state index is 12.4. The Morgan fingerprint density at radius 2 is 1.81 bits per heavy atom. The molecule has 2 aromatic carbocycles. The highest BCUT2D eigenvalue weighted by Crippen LogP contribution is 2.18. The molecule has 0 fully saturated rings. The van der Waals surface area contributed by atoms with Crippen molar-refractivity contribution in [1.82, 2.24) is 9.97 Å². The van der Waals surface area contributed by atoms with Crippen molar-refractivity contribution in [1.29, 1.82) is 0 Å². The van der Waals surface area contributed by atoms with Gasteiger partial charge in [-0.3, -0.25) is 4.79 Å². The molecule has 0 unspecified atom stereocenters. The predicted molar refractivity (Wildman–Crippen MR) is 106 cm³/mol. The topological polar surface area (TPSA) is 67.4 Å². The van der Waals surface area contributed by atoms with Crippen LogP contribution in [0.1, 0.15) is 22.8 Å². The quantitative estimate of drug-likeness (QED) is 0.693. The first-order valence-corrected chi connectivity index (χ1v) is 8.76. The van der Waals surface area contributed by atoms with E-state index in [9.17, 15) is 4.79 Å². The molecule has 1 amide bonds. The van der Waals surface area contributed by atoms with E-state index in [1.54, 1.807) is 31.6 Å². The second-order valence-electron chi connectivity index (χ2n) is 5.96. The van der Waals surface area contributed by atoms with Gasteiger partial charge in [-0.25, -0.2) is 9.97 Å². The third-order valence-electron chi connectivity index (χ3n) is 4.11. The molecule has 6 nitrogen and oxygen atoms in total. The van der Waals surface area contributed by atoms with Crippen molar-refractivity contribution < 1.29 is 9.53 Å². The number of nitrogens with zero attached hydrogens (tertiary/aromatic N) is 3. The molecule has 0 atom stereocenters. The van der Waals surface area contributed by atoms with Gasteiger partial charge in [-0.1, -0.05) is 36.4 Å². The molecule has 0 bridgehead atoms. The smallest absolute Gasteiger partial charge is 0.258 e. The Labute approximate surface area is 158 Å². The highest BCUT2D eigenvalue weighted by Gasteiger charge is 2.12. The lowest BCUT2D eigenvalue weighted by molar-refractivity contribution is 0.102. The van der Waals surface area contributed by atoms with Crippen LogP contribution in [0.3, 0.4) is 0 Å². The summed E-state index contributed by atoms with van der Waals surface area (Å²) >= 11 is 0. The van der Waals surface area contributed by atoms with Gasteiger partial charge in [0.15, 0.2) is 0 Å². The van der Waals surface area contributed by atoms with E-state index < -0.39 is 0 Å². The van der Waals surface area contributed by atoms with Crippen molar-refractivity contribution in [2.75, 3.05) is 23.9 Å². The monoisotopic (exact) mass is 362 g/mol. The van der Waals surface area contributed by atoms with Gasteiger partial charge in [0.1, 0.15) is 5.75 Å². The summed E-state index contributed by atoms with van der Waals surface area (Å²) in [5.74, 6) is 1.01. The van der Waals surface area contributed by atoms with E-state index in [1.807, 2.05) is 30.3 Å². The number of amides is 1. The zero-order valence-electron chi connectivity index (χ0n) is 15.4. The largest absolute Gasteiger partial charge is 0.497 e. The lowest BCUT2D eigenvalue weighted by Gasteiger charge is -2.20. The predicted octanol–water partition coefficient (Wildman–Crippen LogP) is 3.76. The third-order valence-corrected chi connectivity index (χ3v) is 4.11.